The number of nitrogens with one attached hydrogen (secondary N) is 1. The van der Waals surface area contributed by atoms with Gasteiger partial charge in [-0.2, -0.15) is 0 Å². The third-order valence-corrected chi connectivity index (χ3v) is 3.59. The Morgan fingerprint density at radius 3 is 2.90 bits per heavy atom. The monoisotopic (exact) mass is 276 g/mol. The second kappa shape index (κ2) is 6.75. The number of anilines is 1. The number of hydrogen-bond donors (Lipinski definition) is 1. The molecule has 1 aliphatic rings. The van der Waals surface area contributed by atoms with E-state index >= 15 is 0 Å². The fourth-order valence-corrected chi connectivity index (χ4v) is 2.56. The molecule has 2 rings (SSSR count). The summed E-state index contributed by atoms with van der Waals surface area (Å²) in [6.07, 6.45) is 1.77. The highest BCUT2D eigenvalue weighted by atomic mass is 16.6. The molecule has 1 unspecified atom stereocenters. The second-order valence-electron chi connectivity index (χ2n) is 5.66. The lowest BCUT2D eigenvalue weighted by Crippen LogP contribution is -2.33. The van der Waals surface area contributed by atoms with E-state index in [9.17, 15) is 4.79 Å². The summed E-state index contributed by atoms with van der Waals surface area (Å²) in [7, 11) is 1.97. The number of ether oxygens (including phenoxy) is 1. The first-order valence-corrected chi connectivity index (χ1v) is 7.34. The SMILES string of the molecule is CNC1CCCN(C(=O)OCC(C)C)c2ccccc21. The van der Waals surface area contributed by atoms with Crippen LogP contribution >= 0.6 is 0 Å². The number of para-hydroxylation sites is 1. The van der Waals surface area contributed by atoms with Crippen LogP contribution in [0.15, 0.2) is 24.3 Å². The molecule has 0 saturated heterocycles. The molecule has 0 spiro atoms. The standard InChI is InChI=1S/C16H24N2O2/c1-12(2)11-20-16(19)18-10-6-8-14(17-3)13-7-4-5-9-15(13)18/h4-5,7,9,12,14,17H,6,8,10-11H2,1-3H3. The van der Waals surface area contributed by atoms with Gasteiger partial charge in [-0.3, -0.25) is 4.90 Å². The fourth-order valence-electron chi connectivity index (χ4n) is 2.56. The van der Waals surface area contributed by atoms with Crippen molar-refractivity contribution in [2.24, 2.45) is 5.92 Å². The Hall–Kier alpha value is -1.55. The lowest BCUT2D eigenvalue weighted by Gasteiger charge is -2.23. The minimum atomic E-state index is -0.233. The fraction of sp³-hybridized carbons (Fsp3) is 0.562. The summed E-state index contributed by atoms with van der Waals surface area (Å²) < 4.78 is 5.39. The number of nitrogens with zero attached hydrogens (tertiary/aromatic N) is 1. The maximum absolute atomic E-state index is 12.3. The van der Waals surface area contributed by atoms with Crippen molar-refractivity contribution in [3.63, 3.8) is 0 Å². The van der Waals surface area contributed by atoms with Crippen LogP contribution in [0, 0.1) is 5.92 Å². The van der Waals surface area contributed by atoms with Crippen molar-refractivity contribution >= 4 is 11.8 Å². The molecule has 0 saturated carbocycles. The van der Waals surface area contributed by atoms with Gasteiger partial charge >= 0.3 is 6.09 Å². The molecule has 20 heavy (non-hydrogen) atoms. The van der Waals surface area contributed by atoms with Crippen molar-refractivity contribution in [2.75, 3.05) is 25.1 Å². The lowest BCUT2D eigenvalue weighted by atomic mass is 10.0. The molecule has 4 nitrogen and oxygen atoms in total. The third-order valence-electron chi connectivity index (χ3n) is 3.59. The molecule has 110 valence electrons. The number of amides is 1. The number of hydrogen-bond acceptors (Lipinski definition) is 3. The molecule has 0 aliphatic carbocycles. The van der Waals surface area contributed by atoms with Gasteiger partial charge < -0.3 is 10.1 Å². The smallest absolute Gasteiger partial charge is 0.414 e. The van der Waals surface area contributed by atoms with Gasteiger partial charge in [0.1, 0.15) is 0 Å². The Morgan fingerprint density at radius 2 is 2.20 bits per heavy atom. The van der Waals surface area contributed by atoms with Crippen molar-refractivity contribution in [3.8, 4) is 0 Å². The summed E-state index contributed by atoms with van der Waals surface area (Å²) in [6.45, 7) is 5.26. The van der Waals surface area contributed by atoms with Crippen LogP contribution in [0.3, 0.4) is 0 Å². The molecule has 0 radical (unpaired) electrons. The summed E-state index contributed by atoms with van der Waals surface area (Å²) in [4.78, 5) is 14.1. The maximum Gasteiger partial charge on any atom is 0.414 e. The quantitative estimate of drug-likeness (QED) is 0.920. The zero-order valence-corrected chi connectivity index (χ0v) is 12.6. The Labute approximate surface area is 121 Å². The van der Waals surface area contributed by atoms with Crippen molar-refractivity contribution in [3.05, 3.63) is 29.8 Å². The van der Waals surface area contributed by atoms with Gasteiger partial charge in [-0.05, 0) is 37.4 Å². The van der Waals surface area contributed by atoms with Crippen molar-refractivity contribution in [2.45, 2.75) is 32.7 Å². The topological polar surface area (TPSA) is 41.6 Å². The van der Waals surface area contributed by atoms with Gasteiger partial charge in [0.2, 0.25) is 0 Å². The summed E-state index contributed by atoms with van der Waals surface area (Å²) in [5, 5.41) is 3.33. The van der Waals surface area contributed by atoms with Gasteiger partial charge in [0.15, 0.2) is 0 Å². The lowest BCUT2D eigenvalue weighted by molar-refractivity contribution is 0.140. The Balaban J connectivity index is 2.23. The highest BCUT2D eigenvalue weighted by Gasteiger charge is 2.26. The molecule has 1 aromatic rings. The van der Waals surface area contributed by atoms with E-state index in [0.29, 0.717) is 25.1 Å². The number of benzene rings is 1. The van der Waals surface area contributed by atoms with Gasteiger partial charge in [0.05, 0.1) is 12.3 Å². The first-order valence-electron chi connectivity index (χ1n) is 7.34. The van der Waals surface area contributed by atoms with E-state index in [1.807, 2.05) is 39.1 Å². The minimum Gasteiger partial charge on any atom is -0.449 e. The molecule has 4 heteroatoms. The van der Waals surface area contributed by atoms with Crippen LogP contribution in [-0.4, -0.2) is 26.3 Å². The van der Waals surface area contributed by atoms with E-state index in [1.165, 1.54) is 5.56 Å². The Morgan fingerprint density at radius 1 is 1.45 bits per heavy atom. The Bertz CT molecular complexity index is 460. The highest BCUT2D eigenvalue weighted by Crippen LogP contribution is 2.32. The first kappa shape index (κ1) is 14.9. The zero-order valence-electron chi connectivity index (χ0n) is 12.6. The summed E-state index contributed by atoms with van der Waals surface area (Å²) in [6, 6.07) is 8.38. The van der Waals surface area contributed by atoms with Crippen LogP contribution in [-0.2, 0) is 4.74 Å². The van der Waals surface area contributed by atoms with E-state index in [4.69, 9.17) is 4.74 Å². The average Bonchev–Trinajstić information content (AvgIpc) is 2.64. The predicted octanol–water partition coefficient (Wildman–Crippen LogP) is 3.34. The number of rotatable bonds is 3. The predicted molar refractivity (Wildman–Crippen MR) is 81.0 cm³/mol. The summed E-state index contributed by atoms with van der Waals surface area (Å²) in [5.41, 5.74) is 2.15. The summed E-state index contributed by atoms with van der Waals surface area (Å²) >= 11 is 0. The average molecular weight is 276 g/mol. The molecule has 1 amide bonds. The molecular weight excluding hydrogens is 252 g/mol. The molecule has 0 aromatic heterocycles. The van der Waals surface area contributed by atoms with E-state index in [2.05, 4.69) is 11.4 Å². The van der Waals surface area contributed by atoms with Gasteiger partial charge in [0, 0.05) is 12.6 Å². The van der Waals surface area contributed by atoms with Crippen LogP contribution in [0.4, 0.5) is 10.5 Å². The van der Waals surface area contributed by atoms with Crippen LogP contribution in [0.25, 0.3) is 0 Å². The van der Waals surface area contributed by atoms with Crippen LogP contribution < -0.4 is 10.2 Å². The maximum atomic E-state index is 12.3. The normalized spacial score (nSPS) is 18.6. The number of fused-ring (bicyclic) bond motifs is 1. The molecule has 0 bridgehead atoms. The molecule has 1 atom stereocenters. The molecular formula is C16H24N2O2. The minimum absolute atomic E-state index is 0.233. The molecule has 1 aromatic carbocycles. The third kappa shape index (κ3) is 3.31. The van der Waals surface area contributed by atoms with Crippen molar-refractivity contribution in [1.29, 1.82) is 0 Å². The molecule has 1 heterocycles. The van der Waals surface area contributed by atoms with E-state index in [1.54, 1.807) is 4.90 Å². The van der Waals surface area contributed by atoms with Crippen molar-refractivity contribution in [1.82, 2.24) is 5.32 Å². The van der Waals surface area contributed by atoms with Gasteiger partial charge in [-0.15, -0.1) is 0 Å². The van der Waals surface area contributed by atoms with Gasteiger partial charge in [-0.1, -0.05) is 32.0 Å². The zero-order chi connectivity index (χ0) is 14.5. The van der Waals surface area contributed by atoms with E-state index in [-0.39, 0.29) is 6.09 Å². The van der Waals surface area contributed by atoms with E-state index < -0.39 is 0 Å². The van der Waals surface area contributed by atoms with Gasteiger partial charge in [-0.25, -0.2) is 4.79 Å². The van der Waals surface area contributed by atoms with Crippen LogP contribution in [0.2, 0.25) is 0 Å². The van der Waals surface area contributed by atoms with Gasteiger partial charge in [0.25, 0.3) is 0 Å². The van der Waals surface area contributed by atoms with Crippen molar-refractivity contribution < 1.29 is 9.53 Å². The van der Waals surface area contributed by atoms with Crippen LogP contribution in [0.1, 0.15) is 38.3 Å². The molecule has 1 N–H and O–H groups in total. The summed E-state index contributed by atoms with van der Waals surface area (Å²) in [5.74, 6) is 0.353. The Kier molecular flexibility index (Phi) is 5.01. The van der Waals surface area contributed by atoms with Crippen LogP contribution in [0.5, 0.6) is 0 Å². The number of carbonyl (C=O) groups excluding carboxylic acids is 1. The molecule has 1 aliphatic heterocycles. The highest BCUT2D eigenvalue weighted by molar-refractivity contribution is 5.89. The molecule has 0 fully saturated rings. The largest absolute Gasteiger partial charge is 0.449 e. The number of carbonyl (C=O) groups is 1. The second-order valence-corrected chi connectivity index (χ2v) is 5.66. The first-order chi connectivity index (χ1) is 9.63. The van der Waals surface area contributed by atoms with E-state index in [0.717, 1.165) is 18.5 Å².